The average Bonchev–Trinajstić information content (AvgIpc) is 3.28. The van der Waals surface area contributed by atoms with E-state index in [0.717, 1.165) is 74.8 Å². The highest BCUT2D eigenvalue weighted by Gasteiger charge is 2.47. The third-order valence-electron chi connectivity index (χ3n) is 8.03. The molecule has 0 saturated heterocycles. The van der Waals surface area contributed by atoms with Gasteiger partial charge in [-0.3, -0.25) is 14.7 Å². The molecule has 0 radical (unpaired) electrons. The molecule has 0 bridgehead atoms. The first-order valence-corrected chi connectivity index (χ1v) is 14.1. The van der Waals surface area contributed by atoms with Gasteiger partial charge in [0.15, 0.2) is 0 Å². The highest BCUT2D eigenvalue weighted by atomic mass is 32.1. The fourth-order valence-electron chi connectivity index (χ4n) is 5.83. The molecular formula is C28H32F2N4O2S. The molecule has 9 heteroatoms. The van der Waals surface area contributed by atoms with Crippen molar-refractivity contribution in [3.63, 3.8) is 0 Å². The van der Waals surface area contributed by atoms with E-state index in [1.807, 2.05) is 30.3 Å². The van der Waals surface area contributed by atoms with Crippen LogP contribution in [0.4, 0.5) is 8.78 Å². The fraction of sp³-hybridized carbons (Fsp3) is 0.536. The second kappa shape index (κ2) is 10.3. The van der Waals surface area contributed by atoms with Crippen LogP contribution in [0, 0.1) is 5.92 Å². The number of nitrogens with one attached hydrogen (secondary N) is 1. The Kier molecular flexibility index (Phi) is 6.84. The van der Waals surface area contributed by atoms with Crippen LogP contribution in [0.3, 0.4) is 0 Å². The van der Waals surface area contributed by atoms with Gasteiger partial charge in [-0.15, -0.1) is 0 Å². The minimum atomic E-state index is -2.57. The van der Waals surface area contributed by atoms with Crippen molar-refractivity contribution in [3.8, 4) is 5.19 Å². The summed E-state index contributed by atoms with van der Waals surface area (Å²) in [5.74, 6) is -1.91. The molecule has 196 valence electrons. The molecule has 6 rings (SSSR count). The number of rotatable bonds is 7. The summed E-state index contributed by atoms with van der Waals surface area (Å²) in [5, 5.41) is 4.70. The van der Waals surface area contributed by atoms with Crippen LogP contribution >= 0.6 is 11.3 Å². The predicted octanol–water partition coefficient (Wildman–Crippen LogP) is 5.60. The Morgan fingerprint density at radius 1 is 1.16 bits per heavy atom. The number of aromatic nitrogens is 2. The molecule has 3 heterocycles. The lowest BCUT2D eigenvalue weighted by molar-refractivity contribution is -0.134. The standard InChI is InChI=1S/C28H32F2N4O2S/c29-28(30)15-20(16-28)36-27-33-24-17-34(14-11-25(24)37-27)13-10-18-6-8-19(9-7-18)32-26(35)22-3-1-5-23-21(22)4-2-12-31-23/h1-5,12,18-20H,6-11,13-17H2,(H,32,35). The van der Waals surface area contributed by atoms with Crippen LogP contribution in [-0.2, 0) is 13.0 Å². The first-order valence-electron chi connectivity index (χ1n) is 13.3. The van der Waals surface area contributed by atoms with Gasteiger partial charge in [-0.2, -0.15) is 0 Å². The van der Waals surface area contributed by atoms with Crippen molar-refractivity contribution in [2.45, 2.75) is 76.0 Å². The fourth-order valence-corrected chi connectivity index (χ4v) is 6.80. The number of amides is 1. The van der Waals surface area contributed by atoms with Crippen molar-refractivity contribution in [1.82, 2.24) is 20.2 Å². The van der Waals surface area contributed by atoms with E-state index in [1.165, 1.54) is 16.2 Å². The number of thiazole rings is 1. The summed E-state index contributed by atoms with van der Waals surface area (Å²) in [6, 6.07) is 9.73. The lowest BCUT2D eigenvalue weighted by Gasteiger charge is -2.33. The number of nitrogens with zero attached hydrogens (tertiary/aromatic N) is 3. The SMILES string of the molecule is O=C(NC1CCC(CCN2CCc3sc(OC4CC(F)(F)C4)nc3C2)CC1)c1cccc2ncccc12. The van der Waals surface area contributed by atoms with E-state index in [1.54, 1.807) is 6.20 Å². The Balaban J connectivity index is 0.944. The maximum Gasteiger partial charge on any atom is 0.273 e. The molecule has 2 saturated carbocycles. The van der Waals surface area contributed by atoms with E-state index in [0.29, 0.717) is 16.7 Å². The van der Waals surface area contributed by atoms with Crippen molar-refractivity contribution in [1.29, 1.82) is 0 Å². The lowest BCUT2D eigenvalue weighted by Crippen LogP contribution is -2.43. The summed E-state index contributed by atoms with van der Waals surface area (Å²) in [6.45, 7) is 2.84. The quantitative estimate of drug-likeness (QED) is 0.434. The number of fused-ring (bicyclic) bond motifs is 2. The molecule has 1 aliphatic heterocycles. The highest BCUT2D eigenvalue weighted by Crippen LogP contribution is 2.41. The van der Waals surface area contributed by atoms with Crippen molar-refractivity contribution >= 4 is 28.1 Å². The highest BCUT2D eigenvalue weighted by molar-refractivity contribution is 7.13. The van der Waals surface area contributed by atoms with Crippen LogP contribution in [0.2, 0.25) is 0 Å². The summed E-state index contributed by atoms with van der Waals surface area (Å²) in [7, 11) is 0. The molecule has 3 aliphatic rings. The number of alkyl halides is 2. The predicted molar refractivity (Wildman–Crippen MR) is 139 cm³/mol. The van der Waals surface area contributed by atoms with Crippen LogP contribution < -0.4 is 10.1 Å². The second-order valence-corrected chi connectivity index (χ2v) is 11.8. The first kappa shape index (κ1) is 24.7. The lowest BCUT2D eigenvalue weighted by atomic mass is 9.84. The van der Waals surface area contributed by atoms with Crippen molar-refractivity contribution in [2.24, 2.45) is 5.92 Å². The zero-order chi connectivity index (χ0) is 25.4. The molecule has 0 unspecified atom stereocenters. The molecule has 2 aromatic heterocycles. The third-order valence-corrected chi connectivity index (χ3v) is 9.08. The smallest absolute Gasteiger partial charge is 0.273 e. The third kappa shape index (κ3) is 5.62. The van der Waals surface area contributed by atoms with E-state index < -0.39 is 12.0 Å². The summed E-state index contributed by atoms with van der Waals surface area (Å²) < 4.78 is 31.9. The molecule has 0 spiro atoms. The molecule has 1 aromatic carbocycles. The van der Waals surface area contributed by atoms with Gasteiger partial charge < -0.3 is 10.1 Å². The van der Waals surface area contributed by atoms with Crippen LogP contribution in [0.1, 0.15) is 65.9 Å². The van der Waals surface area contributed by atoms with E-state index in [2.05, 4.69) is 20.2 Å². The number of carbonyl (C=O) groups excluding carboxylic acids is 1. The Morgan fingerprint density at radius 2 is 2.00 bits per heavy atom. The van der Waals surface area contributed by atoms with E-state index in [4.69, 9.17) is 4.74 Å². The Morgan fingerprint density at radius 3 is 2.81 bits per heavy atom. The normalized spacial score (nSPS) is 23.8. The molecule has 37 heavy (non-hydrogen) atoms. The first-order chi connectivity index (χ1) is 17.9. The minimum Gasteiger partial charge on any atom is -0.466 e. The van der Waals surface area contributed by atoms with Gasteiger partial charge in [-0.25, -0.2) is 13.8 Å². The van der Waals surface area contributed by atoms with E-state index in [9.17, 15) is 13.6 Å². The van der Waals surface area contributed by atoms with Gasteiger partial charge in [0.25, 0.3) is 17.0 Å². The number of ether oxygens (including phenoxy) is 1. The van der Waals surface area contributed by atoms with Gasteiger partial charge in [0.05, 0.1) is 11.2 Å². The molecule has 2 aliphatic carbocycles. The van der Waals surface area contributed by atoms with Crippen LogP contribution in [0.5, 0.6) is 5.19 Å². The number of halogens is 2. The number of hydrogen-bond acceptors (Lipinski definition) is 6. The van der Waals surface area contributed by atoms with Gasteiger partial charge >= 0.3 is 0 Å². The van der Waals surface area contributed by atoms with Crippen molar-refractivity contribution in [3.05, 3.63) is 52.7 Å². The summed E-state index contributed by atoms with van der Waals surface area (Å²) in [4.78, 5) is 25.6. The molecule has 3 aromatic rings. The Labute approximate surface area is 219 Å². The number of benzene rings is 1. The maximum atomic E-state index is 13.1. The summed E-state index contributed by atoms with van der Waals surface area (Å²) >= 11 is 1.52. The Hall–Kier alpha value is -2.65. The van der Waals surface area contributed by atoms with Gasteiger partial charge in [-0.05, 0) is 69.2 Å². The van der Waals surface area contributed by atoms with E-state index in [-0.39, 0.29) is 24.8 Å². The zero-order valence-corrected chi connectivity index (χ0v) is 21.6. The number of pyridine rings is 1. The second-order valence-electron chi connectivity index (χ2n) is 10.7. The molecule has 2 fully saturated rings. The minimum absolute atomic E-state index is 0.0104. The van der Waals surface area contributed by atoms with Gasteiger partial charge in [0, 0.05) is 54.0 Å². The van der Waals surface area contributed by atoms with Gasteiger partial charge in [0.1, 0.15) is 6.10 Å². The van der Waals surface area contributed by atoms with E-state index >= 15 is 0 Å². The van der Waals surface area contributed by atoms with Crippen LogP contribution in [-0.4, -0.2) is 51.9 Å². The monoisotopic (exact) mass is 526 g/mol. The number of carbonyl (C=O) groups is 1. The van der Waals surface area contributed by atoms with Crippen molar-refractivity contribution in [2.75, 3.05) is 13.1 Å². The molecule has 1 N–H and O–H groups in total. The van der Waals surface area contributed by atoms with Crippen molar-refractivity contribution < 1.29 is 18.3 Å². The maximum absolute atomic E-state index is 13.1. The molecule has 6 nitrogen and oxygen atoms in total. The largest absolute Gasteiger partial charge is 0.466 e. The molecule has 0 atom stereocenters. The van der Waals surface area contributed by atoms with Crippen LogP contribution in [0.25, 0.3) is 10.9 Å². The van der Waals surface area contributed by atoms with Crippen LogP contribution in [0.15, 0.2) is 36.5 Å². The zero-order valence-electron chi connectivity index (χ0n) is 20.8. The number of hydrogen-bond donors (Lipinski definition) is 1. The molecular weight excluding hydrogens is 494 g/mol. The van der Waals surface area contributed by atoms with Gasteiger partial charge in [-0.1, -0.05) is 23.5 Å². The summed E-state index contributed by atoms with van der Waals surface area (Å²) in [5.41, 5.74) is 2.58. The molecule has 1 amide bonds. The summed E-state index contributed by atoms with van der Waals surface area (Å²) in [6.07, 6.45) is 7.32. The topological polar surface area (TPSA) is 67.4 Å². The Bertz CT molecular complexity index is 1260. The van der Waals surface area contributed by atoms with Gasteiger partial charge in [0.2, 0.25) is 0 Å². The average molecular weight is 527 g/mol.